The highest BCUT2D eigenvalue weighted by Crippen LogP contribution is 2.27. The molecule has 1 heterocycles. The van der Waals surface area contributed by atoms with Crippen LogP contribution in [0.2, 0.25) is 5.02 Å². The molecule has 0 radical (unpaired) electrons. The van der Waals surface area contributed by atoms with Crippen LogP contribution < -0.4 is 10.1 Å². The van der Waals surface area contributed by atoms with Crippen LogP contribution in [0.5, 0.6) is 5.75 Å². The fourth-order valence-corrected chi connectivity index (χ4v) is 3.43. The van der Waals surface area contributed by atoms with Crippen LogP contribution in [0.1, 0.15) is 27.0 Å². The number of anilines is 1. The van der Waals surface area contributed by atoms with Crippen molar-refractivity contribution in [3.05, 3.63) is 75.8 Å². The molecule has 0 saturated carbocycles. The highest BCUT2D eigenvalue weighted by molar-refractivity contribution is 6.32. The van der Waals surface area contributed by atoms with Gasteiger partial charge in [0.15, 0.2) is 0 Å². The van der Waals surface area contributed by atoms with E-state index in [2.05, 4.69) is 15.5 Å². The number of halogens is 1. The van der Waals surface area contributed by atoms with Crippen molar-refractivity contribution in [2.45, 2.75) is 20.8 Å². The van der Waals surface area contributed by atoms with Crippen LogP contribution in [-0.4, -0.2) is 28.0 Å². The van der Waals surface area contributed by atoms with Crippen molar-refractivity contribution in [3.63, 3.8) is 0 Å². The Balaban J connectivity index is 1.65. The van der Waals surface area contributed by atoms with Crippen molar-refractivity contribution in [3.8, 4) is 11.4 Å². The van der Waals surface area contributed by atoms with Crippen LogP contribution in [-0.2, 0) is 0 Å². The summed E-state index contributed by atoms with van der Waals surface area (Å²) >= 11 is 6.22. The quantitative estimate of drug-likeness (QED) is 0.489. The van der Waals surface area contributed by atoms with Crippen molar-refractivity contribution >= 4 is 34.2 Å². The number of ether oxygens (including phenoxy) is 1. The van der Waals surface area contributed by atoms with E-state index >= 15 is 0 Å². The number of amides is 1. The van der Waals surface area contributed by atoms with Crippen molar-refractivity contribution < 1.29 is 9.53 Å². The van der Waals surface area contributed by atoms with E-state index in [1.165, 1.54) is 4.80 Å². The van der Waals surface area contributed by atoms with Crippen molar-refractivity contribution in [1.29, 1.82) is 0 Å². The fraction of sp³-hybridized carbons (Fsp3) is 0.174. The monoisotopic (exact) mass is 420 g/mol. The van der Waals surface area contributed by atoms with E-state index < -0.39 is 0 Å². The number of aryl methyl sites for hydroxylation is 3. The first kappa shape index (κ1) is 19.9. The molecule has 0 saturated heterocycles. The molecule has 152 valence electrons. The van der Waals surface area contributed by atoms with Gasteiger partial charge in [0.05, 0.1) is 17.8 Å². The lowest BCUT2D eigenvalue weighted by molar-refractivity contribution is 0.102. The van der Waals surface area contributed by atoms with E-state index in [1.54, 1.807) is 19.2 Å². The summed E-state index contributed by atoms with van der Waals surface area (Å²) in [6, 6.07) is 14.8. The van der Waals surface area contributed by atoms with Crippen molar-refractivity contribution in [1.82, 2.24) is 15.0 Å². The Morgan fingerprint density at radius 1 is 0.933 bits per heavy atom. The van der Waals surface area contributed by atoms with Gasteiger partial charge in [0, 0.05) is 11.3 Å². The van der Waals surface area contributed by atoms with Gasteiger partial charge in [-0.2, -0.15) is 4.80 Å². The maximum absolute atomic E-state index is 12.7. The van der Waals surface area contributed by atoms with Gasteiger partial charge in [-0.15, -0.1) is 10.2 Å². The van der Waals surface area contributed by atoms with Gasteiger partial charge in [-0.05, 0) is 79.9 Å². The normalized spacial score (nSPS) is 11.0. The molecular weight excluding hydrogens is 400 g/mol. The molecule has 0 atom stereocenters. The molecule has 1 amide bonds. The molecule has 0 unspecified atom stereocenters. The summed E-state index contributed by atoms with van der Waals surface area (Å²) in [6.45, 7) is 5.94. The lowest BCUT2D eigenvalue weighted by Crippen LogP contribution is -2.13. The predicted molar refractivity (Wildman–Crippen MR) is 119 cm³/mol. The number of methoxy groups -OCH3 is 1. The molecule has 6 nitrogen and oxygen atoms in total. The Hall–Kier alpha value is -3.38. The molecule has 1 N–H and O–H groups in total. The molecule has 0 aliphatic heterocycles. The van der Waals surface area contributed by atoms with E-state index in [1.807, 2.05) is 57.2 Å². The molecule has 4 rings (SSSR count). The minimum absolute atomic E-state index is 0.158. The molecule has 0 bridgehead atoms. The highest BCUT2D eigenvalue weighted by atomic mass is 35.5. The van der Waals surface area contributed by atoms with Crippen LogP contribution >= 0.6 is 11.6 Å². The lowest BCUT2D eigenvalue weighted by atomic mass is 10.1. The number of hydrogen-bond donors (Lipinski definition) is 1. The van der Waals surface area contributed by atoms with Crippen LogP contribution in [0, 0.1) is 20.8 Å². The maximum atomic E-state index is 12.7. The number of benzene rings is 3. The maximum Gasteiger partial charge on any atom is 0.255 e. The summed E-state index contributed by atoms with van der Waals surface area (Å²) in [4.78, 5) is 14.2. The molecule has 0 spiro atoms. The van der Waals surface area contributed by atoms with Gasteiger partial charge in [0.25, 0.3) is 5.91 Å². The molecular formula is C23H21ClN4O2. The second-order valence-corrected chi connectivity index (χ2v) is 7.62. The van der Waals surface area contributed by atoms with Gasteiger partial charge in [0.1, 0.15) is 16.8 Å². The van der Waals surface area contributed by atoms with Crippen LogP contribution in [0.15, 0.2) is 48.5 Å². The van der Waals surface area contributed by atoms with Gasteiger partial charge in [0.2, 0.25) is 0 Å². The zero-order valence-corrected chi connectivity index (χ0v) is 17.9. The molecule has 4 aromatic rings. The third-order valence-electron chi connectivity index (χ3n) is 5.11. The van der Waals surface area contributed by atoms with E-state index in [0.29, 0.717) is 27.5 Å². The minimum Gasteiger partial charge on any atom is -0.495 e. The number of nitrogens with one attached hydrogen (secondary N) is 1. The number of aromatic nitrogens is 3. The molecule has 7 heteroatoms. The van der Waals surface area contributed by atoms with Gasteiger partial charge >= 0.3 is 0 Å². The Kier molecular flexibility index (Phi) is 5.18. The molecule has 3 aromatic carbocycles. The molecule has 30 heavy (non-hydrogen) atoms. The van der Waals surface area contributed by atoms with Crippen molar-refractivity contribution in [2.75, 3.05) is 12.4 Å². The van der Waals surface area contributed by atoms with Crippen LogP contribution in [0.4, 0.5) is 5.69 Å². The summed E-state index contributed by atoms with van der Waals surface area (Å²) in [5, 5.41) is 12.5. The van der Waals surface area contributed by atoms with E-state index in [-0.39, 0.29) is 5.91 Å². The Morgan fingerprint density at radius 2 is 1.67 bits per heavy atom. The molecule has 0 aliphatic carbocycles. The third kappa shape index (κ3) is 3.74. The number of hydrogen-bond acceptors (Lipinski definition) is 4. The van der Waals surface area contributed by atoms with Crippen LogP contribution in [0.3, 0.4) is 0 Å². The zero-order valence-electron chi connectivity index (χ0n) is 17.2. The van der Waals surface area contributed by atoms with E-state index in [0.717, 1.165) is 27.9 Å². The van der Waals surface area contributed by atoms with Gasteiger partial charge < -0.3 is 10.1 Å². The Bertz CT molecular complexity index is 1280. The lowest BCUT2D eigenvalue weighted by Gasteiger charge is -2.09. The van der Waals surface area contributed by atoms with E-state index in [9.17, 15) is 4.79 Å². The smallest absolute Gasteiger partial charge is 0.255 e. The van der Waals surface area contributed by atoms with Gasteiger partial charge in [-0.1, -0.05) is 17.7 Å². The molecule has 0 aliphatic rings. The summed E-state index contributed by atoms with van der Waals surface area (Å²) in [7, 11) is 1.57. The first-order chi connectivity index (χ1) is 14.4. The first-order valence-electron chi connectivity index (χ1n) is 9.46. The largest absolute Gasteiger partial charge is 0.495 e. The number of carbonyl (C=O) groups excluding carboxylic acids is 1. The van der Waals surface area contributed by atoms with Crippen molar-refractivity contribution in [2.24, 2.45) is 0 Å². The molecule has 1 aromatic heterocycles. The zero-order chi connectivity index (χ0) is 21.4. The molecule has 0 fully saturated rings. The summed E-state index contributed by atoms with van der Waals surface area (Å²) < 4.78 is 5.19. The number of rotatable bonds is 4. The average Bonchev–Trinajstić information content (AvgIpc) is 3.12. The number of carbonyl (C=O) groups is 1. The minimum atomic E-state index is -0.158. The summed E-state index contributed by atoms with van der Waals surface area (Å²) in [5.74, 6) is 0.430. The standard InChI is InChI=1S/C23H21ClN4O2/c1-13-5-6-16(9-14(13)2)23(29)25-19-12-21-20(10-15(19)3)26-28(27-21)17-7-8-22(30-4)18(24)11-17/h5-12H,1-4H3,(H,25,29). The third-order valence-corrected chi connectivity index (χ3v) is 5.41. The SMILES string of the molecule is COc1ccc(-n2nc3cc(C)c(NC(=O)c4ccc(C)c(C)c4)cc3n2)cc1Cl. The predicted octanol–water partition coefficient (Wildman–Crippen LogP) is 5.26. The first-order valence-corrected chi connectivity index (χ1v) is 9.84. The summed E-state index contributed by atoms with van der Waals surface area (Å²) in [6.07, 6.45) is 0. The van der Waals surface area contributed by atoms with E-state index in [4.69, 9.17) is 16.3 Å². The second-order valence-electron chi connectivity index (χ2n) is 7.22. The van der Waals surface area contributed by atoms with Gasteiger partial charge in [-0.25, -0.2) is 0 Å². The Labute approximate surface area is 179 Å². The number of nitrogens with zero attached hydrogens (tertiary/aromatic N) is 3. The Morgan fingerprint density at radius 3 is 2.33 bits per heavy atom. The second kappa shape index (κ2) is 7.80. The fourth-order valence-electron chi connectivity index (χ4n) is 3.17. The number of fused-ring (bicyclic) bond motifs is 1. The van der Waals surface area contributed by atoms with Crippen LogP contribution in [0.25, 0.3) is 16.7 Å². The highest BCUT2D eigenvalue weighted by Gasteiger charge is 2.13. The topological polar surface area (TPSA) is 69.0 Å². The summed E-state index contributed by atoms with van der Waals surface area (Å²) in [5.41, 5.74) is 6.57. The van der Waals surface area contributed by atoms with Gasteiger partial charge in [-0.3, -0.25) is 4.79 Å². The average molecular weight is 421 g/mol.